The molecular weight excluding hydrogens is 1860 g/mol. The fraction of sp³-hybridized carbons (Fsp3) is 0.292. The van der Waals surface area contributed by atoms with E-state index in [1.807, 2.05) is 200 Å². The molecule has 0 bridgehead atoms. The van der Waals surface area contributed by atoms with E-state index in [-0.39, 0.29) is 27.8 Å². The maximum atomic E-state index is 12.6. The molecule has 1 atom stereocenters. The van der Waals surface area contributed by atoms with Gasteiger partial charge >= 0.3 is 28.4 Å². The number of piperidine rings is 5. The lowest BCUT2D eigenvalue weighted by Crippen LogP contribution is -2.39. The molecule has 5 fully saturated rings. The summed E-state index contributed by atoms with van der Waals surface area (Å²) < 4.78 is 17.1. The molecule has 20 rings (SSSR count). The number of rotatable bonds is 23. The zero-order valence-electron chi connectivity index (χ0n) is 80.0. The van der Waals surface area contributed by atoms with Crippen LogP contribution in [0.2, 0.25) is 0 Å². The van der Waals surface area contributed by atoms with Crippen molar-refractivity contribution in [2.75, 3.05) is 111 Å². The molecule has 0 saturated carbocycles. The fourth-order valence-corrected chi connectivity index (χ4v) is 20.6. The van der Waals surface area contributed by atoms with Crippen molar-refractivity contribution in [3.05, 3.63) is 471 Å². The van der Waals surface area contributed by atoms with E-state index in [2.05, 4.69) is 169 Å². The van der Waals surface area contributed by atoms with Crippen molar-refractivity contribution in [3.8, 4) is 17.2 Å². The Bertz CT molecular complexity index is 7330. The number of aromatic nitrogens is 10. The normalized spacial score (nSPS) is 15.2. The summed E-state index contributed by atoms with van der Waals surface area (Å²) in [6, 6.07) is 92.8. The van der Waals surface area contributed by atoms with Crippen molar-refractivity contribution in [1.29, 1.82) is 0 Å². The first-order chi connectivity index (χ1) is 69.2. The maximum Gasteiger partial charge on any atom is 0.327 e. The zero-order chi connectivity index (χ0) is 98.8. The summed E-state index contributed by atoms with van der Waals surface area (Å²) in [4.78, 5) is 160. The molecule has 5 aliphatic rings. The Hall–Kier alpha value is -15.5. The molecule has 1 unspecified atom stereocenters. The second kappa shape index (κ2) is 48.4. The lowest BCUT2D eigenvalue weighted by atomic mass is 9.88. The smallest absolute Gasteiger partial charge is 0.327 e. The van der Waals surface area contributed by atoms with Crippen LogP contribution in [0.15, 0.2) is 331 Å². The highest BCUT2D eigenvalue weighted by atomic mass is 79.9. The molecule has 732 valence electrons. The van der Waals surface area contributed by atoms with Gasteiger partial charge in [-0.3, -0.25) is 73.8 Å². The molecule has 0 amide bonds. The quantitative estimate of drug-likeness (QED) is 0.0284. The number of H-pyrrole nitrogens is 10. The molecule has 0 aliphatic carbocycles. The third-order valence-electron chi connectivity index (χ3n) is 27.5. The van der Waals surface area contributed by atoms with Gasteiger partial charge < -0.3 is 38.7 Å². The number of benzene rings is 10. The number of hydrogen-bond donors (Lipinski definition) is 10. The molecule has 29 heteroatoms. The molecular formula is C113H120BrN15O13. The second-order valence-electron chi connectivity index (χ2n) is 36.6. The van der Waals surface area contributed by atoms with Gasteiger partial charge in [-0.15, -0.1) is 0 Å². The predicted molar refractivity (Wildman–Crippen MR) is 565 cm³/mol. The molecule has 142 heavy (non-hydrogen) atoms. The van der Waals surface area contributed by atoms with Gasteiger partial charge in [0.1, 0.15) is 46.3 Å². The molecule has 0 radical (unpaired) electrons. The molecule has 10 heterocycles. The third kappa shape index (κ3) is 26.1. The first-order valence-electron chi connectivity index (χ1n) is 48.7. The van der Waals surface area contributed by atoms with E-state index in [0.29, 0.717) is 119 Å². The average Bonchev–Trinajstić information content (AvgIpc) is 0.802. The maximum absolute atomic E-state index is 12.6. The van der Waals surface area contributed by atoms with Gasteiger partial charge in [-0.25, -0.2) is 24.0 Å². The van der Waals surface area contributed by atoms with Gasteiger partial charge in [-0.2, -0.15) is 0 Å². The Morgan fingerprint density at radius 3 is 0.908 bits per heavy atom. The minimum Gasteiger partial charge on any atom is -0.497 e. The van der Waals surface area contributed by atoms with Gasteiger partial charge in [0.2, 0.25) is 0 Å². The number of halogens is 1. The van der Waals surface area contributed by atoms with Gasteiger partial charge in [0.05, 0.1) is 49.1 Å². The van der Waals surface area contributed by atoms with Gasteiger partial charge in [0.25, 0.3) is 27.8 Å². The predicted octanol–water partition coefficient (Wildman–Crippen LogP) is 16.0. The lowest BCUT2D eigenvalue weighted by molar-refractivity contribution is 0.397. The molecule has 5 aromatic heterocycles. The first kappa shape index (κ1) is 99.5. The Labute approximate surface area is 829 Å². The van der Waals surface area contributed by atoms with E-state index in [4.69, 9.17) is 14.2 Å². The third-order valence-corrected chi connectivity index (χ3v) is 28.0. The Balaban J connectivity index is 0.000000128. The van der Waals surface area contributed by atoms with Crippen LogP contribution in [0.4, 0.5) is 29.1 Å². The van der Waals surface area contributed by atoms with Gasteiger partial charge in [0.15, 0.2) is 0 Å². The van der Waals surface area contributed by atoms with Gasteiger partial charge in [-0.1, -0.05) is 253 Å². The highest BCUT2D eigenvalue weighted by Crippen LogP contribution is 2.39. The van der Waals surface area contributed by atoms with Crippen molar-refractivity contribution in [2.45, 2.75) is 126 Å². The Morgan fingerprint density at radius 1 is 0.254 bits per heavy atom. The summed E-state index contributed by atoms with van der Waals surface area (Å²) in [6.45, 7) is 7.93. The van der Waals surface area contributed by atoms with Crippen LogP contribution < -0.4 is 95.0 Å². The van der Waals surface area contributed by atoms with Crippen molar-refractivity contribution in [2.24, 2.45) is 0 Å². The highest BCUT2D eigenvalue weighted by molar-refractivity contribution is 9.10. The molecule has 5 aliphatic heterocycles. The Morgan fingerprint density at radius 2 is 0.549 bits per heavy atom. The van der Waals surface area contributed by atoms with Crippen LogP contribution in [0.25, 0.3) is 0 Å². The monoisotopic (exact) mass is 1970 g/mol. The summed E-state index contributed by atoms with van der Waals surface area (Å²) in [7, 11) is 5.05. The van der Waals surface area contributed by atoms with Crippen molar-refractivity contribution < 1.29 is 14.2 Å². The summed E-state index contributed by atoms with van der Waals surface area (Å²) in [5.41, 5.74) is 10.8. The van der Waals surface area contributed by atoms with E-state index >= 15 is 0 Å². The van der Waals surface area contributed by atoms with Crippen molar-refractivity contribution in [1.82, 2.24) is 49.8 Å². The highest BCUT2D eigenvalue weighted by Gasteiger charge is 2.32. The molecule has 28 nitrogen and oxygen atoms in total. The largest absolute Gasteiger partial charge is 0.497 e. The van der Waals surface area contributed by atoms with Crippen LogP contribution in [0.3, 0.4) is 0 Å². The SMILES string of the molecule is COc1ccc(C2CCN(c3[nH]c(=O)[nH]c(=O)c3Cc3ccccc3)CC2)cc1.COc1cccc(C2CCN(c3[nH]c(=O)[nH]c(=O)c3Cc3ccccc3)CC2)c1.COc1ccccc1C1CCN(c2[nH]c(=O)[nH]c(=O)c2Cc2ccccc2)CC1.O=c1[nH]c(N2CCC(c3ccccc3)CC2)c(Cc2cccc(Br)c2)c(=O)[nH]1.O=c1[nH]c(N2CCCC(c3ccccc3)C2)c(Cc2ccccc2)c(=O)[nH]1. The van der Waals surface area contributed by atoms with Crippen molar-refractivity contribution in [3.63, 3.8) is 0 Å². The lowest BCUT2D eigenvalue weighted by Gasteiger charge is -2.35. The standard InChI is InChI=1S/3C23H25N3O3.C22H22BrN3O2.C22H23N3O2/c1-29-20-10-6-5-9-18(20)17-11-13-26(14-12-17)21-19(22(27)25-23(28)24-21)15-16-7-3-2-4-8-16;1-29-19-9-5-8-18(15-19)17-10-12-26(13-11-17)21-20(22(27)25-23(28)24-21)14-16-6-3-2-4-7-16;1-29-19-9-7-17(8-10-19)18-11-13-26(14-12-18)21-20(22(27)25-23(28)24-21)15-16-5-3-2-4-6-16;23-18-8-4-5-15(13-18)14-19-20(24-22(28)25-21(19)27)26-11-9-17(10-12-26)16-6-2-1-3-7-16;26-21-19(14-16-8-3-1-4-9-16)20(23-22(27)24-21)25-13-7-12-18(15-25)17-10-5-2-6-11-17/h2-10,17H,11-15H2,1H3,(H2,24,25,27,28);2-9,15,17H,10-14H2,1H3,(H2,24,25,27,28);2-10,18H,11-15H2,1H3,(H2,24,25,27,28);1-8,13,17H,9-12,14H2,(H2,24,25,27,28);1-6,8-11,18H,7,12-15H2,(H2,23,24,26,27). The van der Waals surface area contributed by atoms with E-state index in [1.54, 1.807) is 21.3 Å². The summed E-state index contributed by atoms with van der Waals surface area (Å²) >= 11 is 3.48. The van der Waals surface area contributed by atoms with Crippen LogP contribution in [0.1, 0.15) is 177 Å². The number of methoxy groups -OCH3 is 3. The van der Waals surface area contributed by atoms with Gasteiger partial charge in [-0.05, 0) is 186 Å². The van der Waals surface area contributed by atoms with Crippen LogP contribution in [0.5, 0.6) is 17.2 Å². The van der Waals surface area contributed by atoms with Gasteiger partial charge in [0, 0.05) is 108 Å². The zero-order valence-corrected chi connectivity index (χ0v) is 81.6. The number of para-hydroxylation sites is 1. The molecule has 10 aromatic carbocycles. The Kier molecular flexibility index (Phi) is 33.9. The molecule has 15 aromatic rings. The van der Waals surface area contributed by atoms with Crippen LogP contribution in [0, 0.1) is 0 Å². The average molecular weight is 1980 g/mol. The fourth-order valence-electron chi connectivity index (χ4n) is 20.1. The number of ether oxygens (including phenoxy) is 3. The summed E-state index contributed by atoms with van der Waals surface area (Å²) in [6.07, 6.45) is 12.2. The van der Waals surface area contributed by atoms with Crippen LogP contribution in [-0.2, 0) is 32.1 Å². The second-order valence-corrected chi connectivity index (χ2v) is 37.5. The first-order valence-corrected chi connectivity index (χ1v) is 49.5. The van der Waals surface area contributed by atoms with E-state index < -0.39 is 28.4 Å². The van der Waals surface area contributed by atoms with Crippen LogP contribution >= 0.6 is 15.9 Å². The topological polar surface area (TPSA) is 372 Å². The number of anilines is 5. The van der Waals surface area contributed by atoms with E-state index in [9.17, 15) is 47.9 Å². The summed E-state index contributed by atoms with van der Waals surface area (Å²) in [5, 5.41) is 0. The van der Waals surface area contributed by atoms with E-state index in [0.717, 1.165) is 179 Å². The minimum absolute atomic E-state index is 0.306. The number of nitrogens with one attached hydrogen (secondary N) is 10. The number of nitrogens with zero attached hydrogens (tertiary/aromatic N) is 5. The van der Waals surface area contributed by atoms with E-state index in [1.165, 1.54) is 27.8 Å². The number of hydrogen-bond acceptors (Lipinski definition) is 18. The van der Waals surface area contributed by atoms with Crippen LogP contribution in [-0.4, -0.2) is 137 Å². The summed E-state index contributed by atoms with van der Waals surface area (Å²) in [5.74, 6) is 8.10. The minimum atomic E-state index is -0.464. The molecule has 0 spiro atoms. The molecule has 5 saturated heterocycles. The number of aromatic amines is 10. The van der Waals surface area contributed by atoms with Crippen molar-refractivity contribution >= 4 is 45.0 Å². The molecule has 10 N–H and O–H groups in total.